The zero-order valence-electron chi connectivity index (χ0n) is 9.74. The van der Waals surface area contributed by atoms with Crippen molar-refractivity contribution in [2.75, 3.05) is 11.1 Å². The fourth-order valence-corrected chi connectivity index (χ4v) is 2.75. The summed E-state index contributed by atoms with van der Waals surface area (Å²) in [7, 11) is 0. The average molecular weight is 372 g/mol. The van der Waals surface area contributed by atoms with Gasteiger partial charge in [-0.3, -0.25) is 0 Å². The Labute approximate surface area is 122 Å². The molecule has 0 fully saturated rings. The van der Waals surface area contributed by atoms with E-state index in [1.165, 1.54) is 6.33 Å². The number of nitrogens with one attached hydrogen (secondary N) is 1. The molecule has 0 atom stereocenters. The molecular weight excluding hydrogens is 360 g/mol. The highest BCUT2D eigenvalue weighted by atomic mass is 79.9. The Balaban J connectivity index is 2.37. The molecule has 0 amide bonds. The predicted octanol–water partition coefficient (Wildman–Crippen LogP) is 3.89. The lowest BCUT2D eigenvalue weighted by Gasteiger charge is -2.12. The van der Waals surface area contributed by atoms with E-state index in [-0.39, 0.29) is 0 Å². The van der Waals surface area contributed by atoms with Gasteiger partial charge in [-0.15, -0.1) is 0 Å². The second-order valence-corrected chi connectivity index (χ2v) is 5.46. The number of nitrogens with two attached hydrogens (primary N) is 1. The quantitative estimate of drug-likeness (QED) is 0.858. The molecule has 94 valence electrons. The van der Waals surface area contributed by atoms with Crippen LogP contribution in [0.3, 0.4) is 0 Å². The van der Waals surface area contributed by atoms with Crippen LogP contribution in [0.25, 0.3) is 0 Å². The smallest absolute Gasteiger partial charge is 0.139 e. The van der Waals surface area contributed by atoms with Crippen LogP contribution in [0.4, 0.5) is 17.3 Å². The topological polar surface area (TPSA) is 63.8 Å². The summed E-state index contributed by atoms with van der Waals surface area (Å²) in [6.07, 6.45) is 2.24. The first-order chi connectivity index (χ1) is 8.61. The second-order valence-electron chi connectivity index (χ2n) is 3.69. The molecule has 1 heterocycles. The Morgan fingerprint density at radius 2 is 2.06 bits per heavy atom. The van der Waals surface area contributed by atoms with Crippen LogP contribution in [0.5, 0.6) is 0 Å². The SMILES string of the molecule is CCc1c(N)ncnc1Nc1ccc(Br)cc1Br. The Kier molecular flexibility index (Phi) is 4.19. The van der Waals surface area contributed by atoms with E-state index in [2.05, 4.69) is 47.1 Å². The summed E-state index contributed by atoms with van der Waals surface area (Å²) in [5, 5.41) is 3.26. The third-order valence-corrected chi connectivity index (χ3v) is 3.67. The largest absolute Gasteiger partial charge is 0.383 e. The fourth-order valence-electron chi connectivity index (χ4n) is 1.60. The van der Waals surface area contributed by atoms with E-state index in [0.717, 1.165) is 32.4 Å². The molecule has 1 aromatic heterocycles. The van der Waals surface area contributed by atoms with E-state index in [0.29, 0.717) is 5.82 Å². The van der Waals surface area contributed by atoms with E-state index in [1.54, 1.807) is 0 Å². The summed E-state index contributed by atoms with van der Waals surface area (Å²) in [5.41, 5.74) is 7.70. The van der Waals surface area contributed by atoms with Crippen LogP contribution in [-0.2, 0) is 6.42 Å². The minimum Gasteiger partial charge on any atom is -0.383 e. The van der Waals surface area contributed by atoms with Crippen molar-refractivity contribution < 1.29 is 0 Å². The molecule has 0 radical (unpaired) electrons. The summed E-state index contributed by atoms with van der Waals surface area (Å²) in [4.78, 5) is 8.23. The summed E-state index contributed by atoms with van der Waals surface area (Å²) < 4.78 is 1.97. The van der Waals surface area contributed by atoms with Gasteiger partial charge in [0.15, 0.2) is 0 Å². The highest BCUT2D eigenvalue weighted by molar-refractivity contribution is 9.11. The standard InChI is InChI=1S/C12H12Br2N4/c1-2-8-11(15)16-6-17-12(8)18-10-4-3-7(13)5-9(10)14/h3-6H,2H2,1H3,(H3,15,16,17,18). The van der Waals surface area contributed by atoms with E-state index in [1.807, 2.05) is 25.1 Å². The lowest BCUT2D eigenvalue weighted by atomic mass is 10.2. The molecule has 0 aliphatic rings. The average Bonchev–Trinajstić information content (AvgIpc) is 2.33. The third kappa shape index (κ3) is 2.81. The molecular formula is C12H12Br2N4. The minimum absolute atomic E-state index is 0.517. The number of hydrogen-bond acceptors (Lipinski definition) is 4. The van der Waals surface area contributed by atoms with E-state index in [4.69, 9.17) is 5.73 Å². The Morgan fingerprint density at radius 3 is 2.72 bits per heavy atom. The van der Waals surface area contributed by atoms with Crippen LogP contribution in [-0.4, -0.2) is 9.97 Å². The van der Waals surface area contributed by atoms with E-state index < -0.39 is 0 Å². The molecule has 3 N–H and O–H groups in total. The lowest BCUT2D eigenvalue weighted by molar-refractivity contribution is 1.06. The van der Waals surface area contributed by atoms with Crippen molar-refractivity contribution in [3.8, 4) is 0 Å². The fraction of sp³-hybridized carbons (Fsp3) is 0.167. The van der Waals surface area contributed by atoms with Crippen LogP contribution >= 0.6 is 31.9 Å². The molecule has 0 saturated carbocycles. The van der Waals surface area contributed by atoms with Crippen LogP contribution in [0.1, 0.15) is 12.5 Å². The van der Waals surface area contributed by atoms with Crippen molar-refractivity contribution in [1.29, 1.82) is 0 Å². The minimum atomic E-state index is 0.517. The van der Waals surface area contributed by atoms with E-state index in [9.17, 15) is 0 Å². The van der Waals surface area contributed by atoms with Crippen molar-refractivity contribution in [1.82, 2.24) is 9.97 Å². The summed E-state index contributed by atoms with van der Waals surface area (Å²) >= 11 is 6.92. The van der Waals surface area contributed by atoms with Crippen molar-refractivity contribution in [3.63, 3.8) is 0 Å². The van der Waals surface area contributed by atoms with E-state index >= 15 is 0 Å². The highest BCUT2D eigenvalue weighted by Gasteiger charge is 2.09. The van der Waals surface area contributed by atoms with Gasteiger partial charge in [0.05, 0.1) is 5.69 Å². The molecule has 0 saturated heterocycles. The van der Waals surface area contributed by atoms with Gasteiger partial charge in [0.2, 0.25) is 0 Å². The highest BCUT2D eigenvalue weighted by Crippen LogP contribution is 2.30. The van der Waals surface area contributed by atoms with Crippen LogP contribution in [0.2, 0.25) is 0 Å². The van der Waals surface area contributed by atoms with Crippen LogP contribution < -0.4 is 11.1 Å². The number of anilines is 3. The number of halogens is 2. The molecule has 6 heteroatoms. The number of hydrogen-bond donors (Lipinski definition) is 2. The van der Waals surface area contributed by atoms with Gasteiger partial charge in [-0.1, -0.05) is 22.9 Å². The molecule has 0 spiro atoms. The van der Waals surface area contributed by atoms with Gasteiger partial charge in [0.1, 0.15) is 18.0 Å². The molecule has 0 bridgehead atoms. The van der Waals surface area contributed by atoms with Gasteiger partial charge in [-0.25, -0.2) is 9.97 Å². The molecule has 4 nitrogen and oxygen atoms in total. The molecule has 2 rings (SSSR count). The lowest BCUT2D eigenvalue weighted by Crippen LogP contribution is -2.04. The first-order valence-electron chi connectivity index (χ1n) is 5.43. The summed E-state index contributed by atoms with van der Waals surface area (Å²) in [6.45, 7) is 2.02. The number of nitrogens with zero attached hydrogens (tertiary/aromatic N) is 2. The third-order valence-electron chi connectivity index (χ3n) is 2.52. The van der Waals surface area contributed by atoms with Gasteiger partial charge in [-0.2, -0.15) is 0 Å². The normalized spacial score (nSPS) is 10.4. The van der Waals surface area contributed by atoms with Gasteiger partial charge in [0, 0.05) is 14.5 Å². The monoisotopic (exact) mass is 370 g/mol. The molecule has 0 aliphatic heterocycles. The van der Waals surface area contributed by atoms with Gasteiger partial charge < -0.3 is 11.1 Å². The van der Waals surface area contributed by atoms with Crippen LogP contribution in [0.15, 0.2) is 33.5 Å². The van der Waals surface area contributed by atoms with Gasteiger partial charge >= 0.3 is 0 Å². The second kappa shape index (κ2) is 5.67. The van der Waals surface area contributed by atoms with Crippen molar-refractivity contribution in [3.05, 3.63) is 39.0 Å². The Bertz CT molecular complexity index is 572. The number of nitrogen functional groups attached to an aromatic ring is 1. The number of benzene rings is 1. The maximum atomic E-state index is 5.84. The zero-order chi connectivity index (χ0) is 13.1. The van der Waals surface area contributed by atoms with Gasteiger partial charge in [0.25, 0.3) is 0 Å². The van der Waals surface area contributed by atoms with Crippen molar-refractivity contribution >= 4 is 49.2 Å². The van der Waals surface area contributed by atoms with Crippen molar-refractivity contribution in [2.24, 2.45) is 0 Å². The Hall–Kier alpha value is -1.14. The maximum absolute atomic E-state index is 5.84. The first-order valence-corrected chi connectivity index (χ1v) is 7.01. The summed E-state index contributed by atoms with van der Waals surface area (Å²) in [5.74, 6) is 1.26. The van der Waals surface area contributed by atoms with Crippen LogP contribution in [0, 0.1) is 0 Å². The number of rotatable bonds is 3. The molecule has 0 unspecified atom stereocenters. The maximum Gasteiger partial charge on any atom is 0.139 e. The molecule has 1 aromatic carbocycles. The first kappa shape index (κ1) is 13.3. The van der Waals surface area contributed by atoms with Crippen molar-refractivity contribution in [2.45, 2.75) is 13.3 Å². The van der Waals surface area contributed by atoms with Gasteiger partial charge in [-0.05, 0) is 40.5 Å². The summed E-state index contributed by atoms with van der Waals surface area (Å²) in [6, 6.07) is 5.90. The molecule has 18 heavy (non-hydrogen) atoms. The number of aromatic nitrogens is 2. The zero-order valence-corrected chi connectivity index (χ0v) is 12.9. The molecule has 2 aromatic rings. The predicted molar refractivity (Wildman–Crippen MR) is 80.9 cm³/mol. The Morgan fingerprint density at radius 1 is 1.28 bits per heavy atom. The molecule has 0 aliphatic carbocycles.